The van der Waals surface area contributed by atoms with Crippen LogP contribution in [0.1, 0.15) is 12.8 Å². The molecule has 3 rings (SSSR count). The number of nitrogens with zero attached hydrogens (tertiary/aromatic N) is 2. The largest absolute Gasteiger partial charge is 0.371 e. The van der Waals surface area contributed by atoms with Gasteiger partial charge in [-0.1, -0.05) is 18.2 Å². The molecule has 2 aliphatic heterocycles. The normalized spacial score (nSPS) is 23.8. The van der Waals surface area contributed by atoms with Gasteiger partial charge in [-0.3, -0.25) is 4.90 Å². The van der Waals surface area contributed by atoms with E-state index < -0.39 is 0 Å². The van der Waals surface area contributed by atoms with E-state index in [1.807, 2.05) is 0 Å². The molecule has 0 amide bonds. The standard InChI is InChI=1S/C16H25N3S/c17-14-16(19-10-12-20-13-11-19)6-8-18(9-7-16)15-4-2-1-3-5-15/h1-5H,6-14,17H2. The van der Waals surface area contributed by atoms with Crippen molar-refractivity contribution in [1.82, 2.24) is 4.90 Å². The van der Waals surface area contributed by atoms with Crippen LogP contribution in [-0.2, 0) is 0 Å². The summed E-state index contributed by atoms with van der Waals surface area (Å²) in [6.07, 6.45) is 2.39. The Hall–Kier alpha value is -0.710. The molecule has 2 heterocycles. The van der Waals surface area contributed by atoms with Crippen molar-refractivity contribution in [2.45, 2.75) is 18.4 Å². The maximum Gasteiger partial charge on any atom is 0.0366 e. The summed E-state index contributed by atoms with van der Waals surface area (Å²) in [6, 6.07) is 10.8. The minimum atomic E-state index is 0.256. The topological polar surface area (TPSA) is 32.5 Å². The van der Waals surface area contributed by atoms with Gasteiger partial charge in [0, 0.05) is 55.5 Å². The first-order valence-corrected chi connectivity index (χ1v) is 8.82. The molecule has 2 N–H and O–H groups in total. The summed E-state index contributed by atoms with van der Waals surface area (Å²) in [6.45, 7) is 5.50. The molecule has 0 aliphatic carbocycles. The molecule has 0 atom stereocenters. The molecule has 1 aromatic rings. The van der Waals surface area contributed by atoms with Gasteiger partial charge in [0.25, 0.3) is 0 Å². The maximum atomic E-state index is 6.19. The lowest BCUT2D eigenvalue weighted by atomic mass is 9.85. The van der Waals surface area contributed by atoms with Gasteiger partial charge < -0.3 is 10.6 Å². The Morgan fingerprint density at radius 1 is 1.00 bits per heavy atom. The zero-order valence-corrected chi connectivity index (χ0v) is 12.9. The molecule has 0 radical (unpaired) electrons. The fraction of sp³-hybridized carbons (Fsp3) is 0.625. The van der Waals surface area contributed by atoms with Crippen LogP contribution >= 0.6 is 11.8 Å². The van der Waals surface area contributed by atoms with E-state index in [-0.39, 0.29) is 5.54 Å². The molecule has 2 saturated heterocycles. The number of benzene rings is 1. The van der Waals surface area contributed by atoms with E-state index in [0.717, 1.165) is 19.6 Å². The van der Waals surface area contributed by atoms with Crippen molar-refractivity contribution in [2.75, 3.05) is 49.1 Å². The van der Waals surface area contributed by atoms with Gasteiger partial charge in [-0.2, -0.15) is 11.8 Å². The molecule has 20 heavy (non-hydrogen) atoms. The Morgan fingerprint density at radius 2 is 1.65 bits per heavy atom. The maximum absolute atomic E-state index is 6.19. The number of piperidine rings is 1. The van der Waals surface area contributed by atoms with Crippen LogP contribution in [0.5, 0.6) is 0 Å². The highest BCUT2D eigenvalue weighted by Gasteiger charge is 2.39. The second kappa shape index (κ2) is 6.37. The van der Waals surface area contributed by atoms with Crippen LogP contribution in [0.4, 0.5) is 5.69 Å². The minimum Gasteiger partial charge on any atom is -0.371 e. The summed E-state index contributed by atoms with van der Waals surface area (Å²) in [5.41, 5.74) is 7.80. The predicted molar refractivity (Wildman–Crippen MR) is 88.6 cm³/mol. The van der Waals surface area contributed by atoms with Gasteiger partial charge in [-0.25, -0.2) is 0 Å². The average Bonchev–Trinajstić information content (AvgIpc) is 2.56. The summed E-state index contributed by atoms with van der Waals surface area (Å²) in [7, 11) is 0. The highest BCUT2D eigenvalue weighted by Crippen LogP contribution is 2.32. The van der Waals surface area contributed by atoms with Crippen molar-refractivity contribution >= 4 is 17.4 Å². The van der Waals surface area contributed by atoms with Gasteiger partial charge in [-0.15, -0.1) is 0 Å². The summed E-state index contributed by atoms with van der Waals surface area (Å²) >= 11 is 2.08. The van der Waals surface area contributed by atoms with Crippen LogP contribution in [0, 0.1) is 0 Å². The molecule has 2 fully saturated rings. The number of para-hydroxylation sites is 1. The van der Waals surface area contributed by atoms with E-state index in [0.29, 0.717) is 0 Å². The van der Waals surface area contributed by atoms with Gasteiger partial charge in [0.05, 0.1) is 0 Å². The summed E-state index contributed by atoms with van der Waals surface area (Å²) in [5, 5.41) is 0. The number of anilines is 1. The van der Waals surface area contributed by atoms with E-state index in [2.05, 4.69) is 51.9 Å². The summed E-state index contributed by atoms with van der Waals surface area (Å²) in [5.74, 6) is 2.54. The van der Waals surface area contributed by atoms with E-state index in [1.165, 1.54) is 43.1 Å². The van der Waals surface area contributed by atoms with Crippen LogP contribution in [0.2, 0.25) is 0 Å². The number of hydrogen-bond acceptors (Lipinski definition) is 4. The lowest BCUT2D eigenvalue weighted by Crippen LogP contribution is -2.61. The van der Waals surface area contributed by atoms with Gasteiger partial charge in [0.2, 0.25) is 0 Å². The Labute approximate surface area is 126 Å². The Morgan fingerprint density at radius 3 is 2.25 bits per heavy atom. The Kier molecular flexibility index (Phi) is 4.54. The minimum absolute atomic E-state index is 0.256. The van der Waals surface area contributed by atoms with E-state index in [1.54, 1.807) is 0 Å². The molecule has 1 aromatic carbocycles. The van der Waals surface area contributed by atoms with Crippen molar-refractivity contribution in [2.24, 2.45) is 5.73 Å². The summed E-state index contributed by atoms with van der Waals surface area (Å²) in [4.78, 5) is 5.18. The van der Waals surface area contributed by atoms with Crippen molar-refractivity contribution in [3.63, 3.8) is 0 Å². The fourth-order valence-corrected chi connectivity index (χ4v) is 4.41. The van der Waals surface area contributed by atoms with E-state index in [9.17, 15) is 0 Å². The van der Waals surface area contributed by atoms with Crippen molar-refractivity contribution < 1.29 is 0 Å². The van der Waals surface area contributed by atoms with Crippen LogP contribution in [-0.4, -0.2) is 54.7 Å². The predicted octanol–water partition coefficient (Wildman–Crippen LogP) is 2.03. The highest BCUT2D eigenvalue weighted by atomic mass is 32.2. The third-order valence-electron chi connectivity index (χ3n) is 4.88. The number of rotatable bonds is 3. The molecule has 0 spiro atoms. The van der Waals surface area contributed by atoms with Gasteiger partial charge in [0.1, 0.15) is 0 Å². The molecule has 110 valence electrons. The smallest absolute Gasteiger partial charge is 0.0366 e. The van der Waals surface area contributed by atoms with E-state index >= 15 is 0 Å². The fourth-order valence-electron chi connectivity index (χ4n) is 3.51. The van der Waals surface area contributed by atoms with Crippen LogP contribution in [0.25, 0.3) is 0 Å². The molecular formula is C16H25N3S. The second-order valence-electron chi connectivity index (χ2n) is 5.85. The van der Waals surface area contributed by atoms with Gasteiger partial charge in [-0.05, 0) is 25.0 Å². The summed E-state index contributed by atoms with van der Waals surface area (Å²) < 4.78 is 0. The number of hydrogen-bond donors (Lipinski definition) is 1. The van der Waals surface area contributed by atoms with Crippen molar-refractivity contribution in [1.29, 1.82) is 0 Å². The zero-order valence-electron chi connectivity index (χ0n) is 12.1. The molecule has 2 aliphatic rings. The lowest BCUT2D eigenvalue weighted by Gasteiger charge is -2.50. The quantitative estimate of drug-likeness (QED) is 0.924. The second-order valence-corrected chi connectivity index (χ2v) is 7.08. The third-order valence-corrected chi connectivity index (χ3v) is 5.82. The third kappa shape index (κ3) is 2.83. The molecule has 3 nitrogen and oxygen atoms in total. The Balaban J connectivity index is 1.66. The lowest BCUT2D eigenvalue weighted by molar-refractivity contribution is 0.0796. The molecule has 0 saturated carbocycles. The van der Waals surface area contributed by atoms with Crippen LogP contribution < -0.4 is 10.6 Å². The molecule has 0 aromatic heterocycles. The number of nitrogens with two attached hydrogens (primary N) is 1. The molecule has 0 bridgehead atoms. The van der Waals surface area contributed by atoms with Gasteiger partial charge >= 0.3 is 0 Å². The SMILES string of the molecule is NCC1(N2CCSCC2)CCN(c2ccccc2)CC1. The van der Waals surface area contributed by atoms with E-state index in [4.69, 9.17) is 5.73 Å². The number of thioether (sulfide) groups is 1. The highest BCUT2D eigenvalue weighted by molar-refractivity contribution is 7.99. The monoisotopic (exact) mass is 291 g/mol. The van der Waals surface area contributed by atoms with Crippen LogP contribution in [0.15, 0.2) is 30.3 Å². The molecular weight excluding hydrogens is 266 g/mol. The van der Waals surface area contributed by atoms with Crippen molar-refractivity contribution in [3.05, 3.63) is 30.3 Å². The Bertz CT molecular complexity index is 409. The first-order valence-electron chi connectivity index (χ1n) is 7.67. The molecule has 0 unspecified atom stereocenters. The molecule has 4 heteroatoms. The zero-order chi connectivity index (χ0) is 13.8. The average molecular weight is 291 g/mol. The first-order chi connectivity index (χ1) is 9.84. The van der Waals surface area contributed by atoms with Gasteiger partial charge in [0.15, 0.2) is 0 Å². The first kappa shape index (κ1) is 14.2. The van der Waals surface area contributed by atoms with Crippen LogP contribution in [0.3, 0.4) is 0 Å². The van der Waals surface area contributed by atoms with Crippen molar-refractivity contribution in [3.8, 4) is 0 Å².